The van der Waals surface area contributed by atoms with Gasteiger partial charge in [-0.1, -0.05) is 23.2 Å². The lowest BCUT2D eigenvalue weighted by Gasteiger charge is -2.10. The van der Waals surface area contributed by atoms with Gasteiger partial charge in [0.2, 0.25) is 0 Å². The molecular formula is C20H16Cl2N4O4. The van der Waals surface area contributed by atoms with Crippen molar-refractivity contribution in [1.82, 2.24) is 10.5 Å². The SMILES string of the molecule is CONC(=O)c1cc(Oc2ccc(NC(=O)Nc3ccc(Cl)c(Cl)c3)cc2)ccn1. The summed E-state index contributed by atoms with van der Waals surface area (Å²) in [5.41, 5.74) is 3.39. The zero-order valence-electron chi connectivity index (χ0n) is 15.6. The zero-order valence-corrected chi connectivity index (χ0v) is 17.1. The lowest BCUT2D eigenvalue weighted by molar-refractivity contribution is 0.0532. The number of rotatable bonds is 6. The fraction of sp³-hybridized carbons (Fsp3) is 0.0500. The Morgan fingerprint density at radius 2 is 1.57 bits per heavy atom. The number of amides is 3. The molecule has 0 atom stereocenters. The maximum Gasteiger partial charge on any atom is 0.323 e. The first-order valence-electron chi connectivity index (χ1n) is 8.55. The van der Waals surface area contributed by atoms with E-state index in [9.17, 15) is 9.59 Å². The maximum absolute atomic E-state index is 12.1. The predicted octanol–water partition coefficient (Wildman–Crippen LogP) is 5.12. The molecule has 0 aliphatic rings. The Bertz CT molecular complexity index is 1060. The predicted molar refractivity (Wildman–Crippen MR) is 114 cm³/mol. The number of hydrogen-bond acceptors (Lipinski definition) is 5. The molecule has 0 bridgehead atoms. The van der Waals surface area contributed by atoms with Crippen LogP contribution in [0.3, 0.4) is 0 Å². The summed E-state index contributed by atoms with van der Waals surface area (Å²) in [5.74, 6) is 0.439. The number of halogens is 2. The maximum atomic E-state index is 12.1. The summed E-state index contributed by atoms with van der Waals surface area (Å²) in [5, 5.41) is 6.10. The van der Waals surface area contributed by atoms with E-state index < -0.39 is 11.9 Å². The van der Waals surface area contributed by atoms with Crippen LogP contribution in [0.25, 0.3) is 0 Å². The summed E-state index contributed by atoms with van der Waals surface area (Å²) in [6, 6.07) is 14.1. The van der Waals surface area contributed by atoms with E-state index in [2.05, 4.69) is 25.9 Å². The van der Waals surface area contributed by atoms with E-state index in [1.165, 1.54) is 19.4 Å². The van der Waals surface area contributed by atoms with E-state index in [1.54, 1.807) is 48.5 Å². The van der Waals surface area contributed by atoms with E-state index >= 15 is 0 Å². The molecule has 0 aliphatic carbocycles. The number of urea groups is 1. The number of nitrogens with zero attached hydrogens (tertiary/aromatic N) is 1. The molecular weight excluding hydrogens is 431 g/mol. The van der Waals surface area contributed by atoms with Crippen molar-refractivity contribution in [1.29, 1.82) is 0 Å². The summed E-state index contributed by atoms with van der Waals surface area (Å²) in [6.45, 7) is 0. The van der Waals surface area contributed by atoms with E-state index in [-0.39, 0.29) is 5.69 Å². The first-order valence-corrected chi connectivity index (χ1v) is 9.30. The van der Waals surface area contributed by atoms with Crippen LogP contribution < -0.4 is 20.9 Å². The van der Waals surface area contributed by atoms with Gasteiger partial charge >= 0.3 is 6.03 Å². The van der Waals surface area contributed by atoms with Crippen LogP contribution in [0.5, 0.6) is 11.5 Å². The zero-order chi connectivity index (χ0) is 21.5. The van der Waals surface area contributed by atoms with E-state index in [0.29, 0.717) is 32.9 Å². The van der Waals surface area contributed by atoms with Gasteiger partial charge in [-0.15, -0.1) is 0 Å². The molecule has 2 aromatic carbocycles. The molecule has 0 radical (unpaired) electrons. The highest BCUT2D eigenvalue weighted by Gasteiger charge is 2.09. The largest absolute Gasteiger partial charge is 0.457 e. The van der Waals surface area contributed by atoms with Gasteiger partial charge in [-0.3, -0.25) is 14.6 Å². The molecule has 3 N–H and O–H groups in total. The Balaban J connectivity index is 1.59. The van der Waals surface area contributed by atoms with Gasteiger partial charge in [0.25, 0.3) is 5.91 Å². The summed E-state index contributed by atoms with van der Waals surface area (Å²) in [6.07, 6.45) is 1.45. The number of ether oxygens (including phenoxy) is 1. The fourth-order valence-corrected chi connectivity index (χ4v) is 2.65. The monoisotopic (exact) mass is 446 g/mol. The summed E-state index contributed by atoms with van der Waals surface area (Å²) in [7, 11) is 1.33. The molecule has 30 heavy (non-hydrogen) atoms. The highest BCUT2D eigenvalue weighted by atomic mass is 35.5. The first kappa shape index (κ1) is 21.4. The van der Waals surface area contributed by atoms with E-state index in [0.717, 1.165) is 0 Å². The fourth-order valence-electron chi connectivity index (χ4n) is 2.35. The minimum absolute atomic E-state index is 0.145. The highest BCUT2D eigenvalue weighted by Crippen LogP contribution is 2.26. The molecule has 10 heteroatoms. The number of hydrogen-bond donors (Lipinski definition) is 3. The molecule has 0 saturated carbocycles. The molecule has 154 valence electrons. The van der Waals surface area contributed by atoms with Crippen molar-refractivity contribution in [3.63, 3.8) is 0 Å². The van der Waals surface area contributed by atoms with Crippen molar-refractivity contribution in [2.45, 2.75) is 0 Å². The summed E-state index contributed by atoms with van der Waals surface area (Å²) < 4.78 is 5.71. The standard InChI is InChI=1S/C20H16Cl2N4O4/c1-29-26-19(27)18-11-15(8-9-23-18)30-14-5-2-12(3-6-14)24-20(28)25-13-4-7-16(21)17(22)10-13/h2-11H,1H3,(H,26,27)(H2,24,25,28). The molecule has 3 amide bonds. The molecule has 3 rings (SSSR count). The number of carbonyl (C=O) groups excluding carboxylic acids is 2. The first-order chi connectivity index (χ1) is 14.4. The lowest BCUT2D eigenvalue weighted by atomic mass is 10.3. The van der Waals surface area contributed by atoms with E-state index in [1.807, 2.05) is 0 Å². The summed E-state index contributed by atoms with van der Waals surface area (Å²) >= 11 is 11.8. The number of aromatic nitrogens is 1. The smallest absolute Gasteiger partial charge is 0.323 e. The molecule has 3 aromatic rings. The second-order valence-electron chi connectivity index (χ2n) is 5.85. The number of pyridine rings is 1. The van der Waals surface area contributed by atoms with Crippen LogP contribution >= 0.6 is 23.2 Å². The summed E-state index contributed by atoms with van der Waals surface area (Å²) in [4.78, 5) is 32.4. The van der Waals surface area contributed by atoms with Crippen molar-refractivity contribution in [2.75, 3.05) is 17.7 Å². The molecule has 0 spiro atoms. The van der Waals surface area contributed by atoms with Crippen LogP contribution in [0.15, 0.2) is 60.8 Å². The molecule has 0 unspecified atom stereocenters. The number of anilines is 2. The van der Waals surface area contributed by atoms with Gasteiger partial charge in [0.05, 0.1) is 17.2 Å². The van der Waals surface area contributed by atoms with Crippen LogP contribution in [0.1, 0.15) is 10.5 Å². The Kier molecular flexibility index (Phi) is 7.08. The van der Waals surface area contributed by atoms with Crippen molar-refractivity contribution in [3.05, 3.63) is 76.5 Å². The third kappa shape index (κ3) is 5.84. The van der Waals surface area contributed by atoms with Gasteiger partial charge in [0, 0.05) is 23.6 Å². The normalized spacial score (nSPS) is 10.2. The van der Waals surface area contributed by atoms with Crippen molar-refractivity contribution >= 4 is 46.5 Å². The Morgan fingerprint density at radius 3 is 2.27 bits per heavy atom. The van der Waals surface area contributed by atoms with Crippen molar-refractivity contribution in [3.8, 4) is 11.5 Å². The average Bonchev–Trinajstić information content (AvgIpc) is 2.72. The lowest BCUT2D eigenvalue weighted by Crippen LogP contribution is -2.22. The minimum Gasteiger partial charge on any atom is -0.457 e. The Labute approximate surface area is 182 Å². The van der Waals surface area contributed by atoms with Gasteiger partial charge in [-0.05, 0) is 48.5 Å². The van der Waals surface area contributed by atoms with Crippen LogP contribution in [-0.4, -0.2) is 24.0 Å². The van der Waals surface area contributed by atoms with E-state index in [4.69, 9.17) is 27.9 Å². The second-order valence-corrected chi connectivity index (χ2v) is 6.66. The van der Waals surface area contributed by atoms with Crippen molar-refractivity contribution < 1.29 is 19.2 Å². The van der Waals surface area contributed by atoms with Gasteiger partial charge in [0.15, 0.2) is 0 Å². The van der Waals surface area contributed by atoms with Crippen LogP contribution in [-0.2, 0) is 4.84 Å². The molecule has 0 saturated heterocycles. The number of carbonyl (C=O) groups is 2. The minimum atomic E-state index is -0.490. The van der Waals surface area contributed by atoms with Crippen LogP contribution in [0.2, 0.25) is 10.0 Å². The molecule has 0 fully saturated rings. The molecule has 8 nitrogen and oxygen atoms in total. The number of nitrogens with one attached hydrogen (secondary N) is 3. The highest BCUT2D eigenvalue weighted by molar-refractivity contribution is 6.42. The van der Waals surface area contributed by atoms with Crippen LogP contribution in [0, 0.1) is 0 Å². The van der Waals surface area contributed by atoms with Gasteiger partial charge < -0.3 is 15.4 Å². The quantitative estimate of drug-likeness (QED) is 0.456. The third-order valence-corrected chi connectivity index (χ3v) is 4.42. The third-order valence-electron chi connectivity index (χ3n) is 3.68. The number of hydroxylamine groups is 1. The average molecular weight is 447 g/mol. The topological polar surface area (TPSA) is 102 Å². The Hall–Kier alpha value is -3.33. The molecule has 0 aliphatic heterocycles. The van der Waals surface area contributed by atoms with Gasteiger partial charge in [-0.2, -0.15) is 0 Å². The second kappa shape index (κ2) is 9.93. The van der Waals surface area contributed by atoms with Gasteiger partial charge in [-0.25, -0.2) is 10.3 Å². The molecule has 1 heterocycles. The van der Waals surface area contributed by atoms with Crippen molar-refractivity contribution in [2.24, 2.45) is 0 Å². The Morgan fingerprint density at radius 1 is 0.867 bits per heavy atom. The van der Waals surface area contributed by atoms with Crippen LogP contribution in [0.4, 0.5) is 16.2 Å². The molecule has 1 aromatic heterocycles. The number of benzene rings is 2. The van der Waals surface area contributed by atoms with Gasteiger partial charge in [0.1, 0.15) is 17.2 Å².